The Morgan fingerprint density at radius 3 is 3.00 bits per heavy atom. The summed E-state index contributed by atoms with van der Waals surface area (Å²) >= 11 is 0. The first kappa shape index (κ1) is 20.1. The summed E-state index contributed by atoms with van der Waals surface area (Å²) in [5.74, 6) is 1.18. The number of carbonyl (C=O) groups excluding carboxylic acids is 1. The van der Waals surface area contributed by atoms with Gasteiger partial charge in [-0.25, -0.2) is 0 Å². The lowest BCUT2D eigenvalue weighted by atomic mass is 9.82. The van der Waals surface area contributed by atoms with Gasteiger partial charge in [-0.05, 0) is 93.6 Å². The molecular weight excluding hydrogens is 386 g/mol. The minimum absolute atomic E-state index is 0.117. The lowest BCUT2D eigenvalue weighted by Crippen LogP contribution is -2.44. The molecule has 1 aromatic heterocycles. The van der Waals surface area contributed by atoms with E-state index in [9.17, 15) is 4.79 Å². The molecule has 162 valence electrons. The van der Waals surface area contributed by atoms with E-state index in [1.54, 1.807) is 6.07 Å². The summed E-state index contributed by atoms with van der Waals surface area (Å²) in [6.45, 7) is 4.99. The lowest BCUT2D eigenvalue weighted by Gasteiger charge is -2.42. The standard InChI is InChI=1S/C26H31N3O2/c1-2-31-22-8-5-6-19(15-22)26(30)28-20-9-10-25-23(16-20)24(17-27-25)18-11-13-29-12-4-3-7-21(29)14-18/h5-6,8-10,15-18,21,27H,2-4,7,11-14H2,1H3,(H,28,30). The first-order valence-corrected chi connectivity index (χ1v) is 11.6. The summed E-state index contributed by atoms with van der Waals surface area (Å²) < 4.78 is 5.53. The fourth-order valence-corrected chi connectivity index (χ4v) is 5.33. The molecule has 0 radical (unpaired) electrons. The Bertz CT molecular complexity index is 1070. The van der Waals surface area contributed by atoms with Gasteiger partial charge < -0.3 is 19.9 Å². The van der Waals surface area contributed by atoms with Crippen LogP contribution in [0.2, 0.25) is 0 Å². The largest absolute Gasteiger partial charge is 0.494 e. The van der Waals surface area contributed by atoms with Crippen molar-refractivity contribution in [1.29, 1.82) is 0 Å². The van der Waals surface area contributed by atoms with Crippen LogP contribution in [-0.4, -0.2) is 41.5 Å². The van der Waals surface area contributed by atoms with Gasteiger partial charge in [0.25, 0.3) is 5.91 Å². The van der Waals surface area contributed by atoms with Gasteiger partial charge in [0.1, 0.15) is 5.75 Å². The zero-order valence-electron chi connectivity index (χ0n) is 18.2. The van der Waals surface area contributed by atoms with E-state index in [1.165, 1.54) is 56.1 Å². The Balaban J connectivity index is 1.35. The predicted octanol–water partition coefficient (Wildman–Crippen LogP) is 5.55. The Kier molecular flexibility index (Phi) is 5.68. The molecule has 2 aliphatic heterocycles. The third-order valence-corrected chi connectivity index (χ3v) is 6.89. The maximum absolute atomic E-state index is 12.8. The van der Waals surface area contributed by atoms with Gasteiger partial charge in [-0.1, -0.05) is 12.5 Å². The van der Waals surface area contributed by atoms with Crippen LogP contribution < -0.4 is 10.1 Å². The molecular formula is C26H31N3O2. The van der Waals surface area contributed by atoms with Crippen molar-refractivity contribution in [2.75, 3.05) is 25.0 Å². The molecule has 2 atom stereocenters. The second kappa shape index (κ2) is 8.75. The van der Waals surface area contributed by atoms with E-state index in [1.807, 2.05) is 31.2 Å². The van der Waals surface area contributed by atoms with Gasteiger partial charge in [0.2, 0.25) is 0 Å². The summed E-state index contributed by atoms with van der Waals surface area (Å²) in [6, 6.07) is 14.2. The highest BCUT2D eigenvalue weighted by molar-refractivity contribution is 6.05. The SMILES string of the molecule is CCOc1cccc(C(=O)Nc2ccc3[nH]cc(C4CCN5CCCCC5C4)c3c2)c1. The highest BCUT2D eigenvalue weighted by atomic mass is 16.5. The summed E-state index contributed by atoms with van der Waals surface area (Å²) in [5.41, 5.74) is 3.97. The second-order valence-corrected chi connectivity index (χ2v) is 8.83. The first-order valence-electron chi connectivity index (χ1n) is 11.6. The Morgan fingerprint density at radius 1 is 1.16 bits per heavy atom. The topological polar surface area (TPSA) is 57.4 Å². The van der Waals surface area contributed by atoms with Crippen LogP contribution in [0.5, 0.6) is 5.75 Å². The lowest BCUT2D eigenvalue weighted by molar-refractivity contribution is 0.0977. The molecule has 5 rings (SSSR count). The number of hydrogen-bond donors (Lipinski definition) is 2. The van der Waals surface area contributed by atoms with E-state index in [2.05, 4.69) is 33.5 Å². The highest BCUT2D eigenvalue weighted by Gasteiger charge is 2.31. The van der Waals surface area contributed by atoms with E-state index in [0.717, 1.165) is 17.2 Å². The minimum Gasteiger partial charge on any atom is -0.494 e. The number of nitrogens with zero attached hydrogens (tertiary/aromatic N) is 1. The van der Waals surface area contributed by atoms with Crippen molar-refractivity contribution in [1.82, 2.24) is 9.88 Å². The summed E-state index contributed by atoms with van der Waals surface area (Å²) in [6.07, 6.45) is 8.69. The summed E-state index contributed by atoms with van der Waals surface area (Å²) in [4.78, 5) is 18.9. The Hall–Kier alpha value is -2.79. The molecule has 2 N–H and O–H groups in total. The van der Waals surface area contributed by atoms with Crippen LogP contribution >= 0.6 is 0 Å². The molecule has 2 saturated heterocycles. The Labute approximate surface area is 183 Å². The van der Waals surface area contributed by atoms with Crippen molar-refractivity contribution in [3.63, 3.8) is 0 Å². The predicted molar refractivity (Wildman–Crippen MR) is 125 cm³/mol. The number of piperidine rings is 2. The maximum atomic E-state index is 12.8. The molecule has 3 heterocycles. The average molecular weight is 418 g/mol. The molecule has 0 bridgehead atoms. The number of rotatable bonds is 5. The maximum Gasteiger partial charge on any atom is 0.255 e. The van der Waals surface area contributed by atoms with Crippen molar-refractivity contribution < 1.29 is 9.53 Å². The Morgan fingerprint density at radius 2 is 2.10 bits per heavy atom. The third kappa shape index (κ3) is 4.19. The number of aromatic nitrogens is 1. The molecule has 31 heavy (non-hydrogen) atoms. The van der Waals surface area contributed by atoms with Crippen LogP contribution in [0.15, 0.2) is 48.7 Å². The van der Waals surface area contributed by atoms with Gasteiger partial charge in [0, 0.05) is 34.4 Å². The van der Waals surface area contributed by atoms with Crippen molar-refractivity contribution >= 4 is 22.5 Å². The van der Waals surface area contributed by atoms with E-state index < -0.39 is 0 Å². The minimum atomic E-state index is -0.117. The quantitative estimate of drug-likeness (QED) is 0.572. The fraction of sp³-hybridized carbons (Fsp3) is 0.423. The van der Waals surface area contributed by atoms with Crippen LogP contribution in [0.1, 0.15) is 60.9 Å². The number of carbonyl (C=O) groups is 1. The molecule has 2 aliphatic rings. The molecule has 0 aliphatic carbocycles. The number of fused-ring (bicyclic) bond motifs is 2. The number of H-pyrrole nitrogens is 1. The normalized spacial score (nSPS) is 21.6. The molecule has 5 heteroatoms. The van der Waals surface area contributed by atoms with Gasteiger partial charge in [-0.15, -0.1) is 0 Å². The van der Waals surface area contributed by atoms with E-state index in [0.29, 0.717) is 23.8 Å². The summed E-state index contributed by atoms with van der Waals surface area (Å²) in [7, 11) is 0. The zero-order valence-corrected chi connectivity index (χ0v) is 18.2. The molecule has 0 spiro atoms. The number of amides is 1. The smallest absolute Gasteiger partial charge is 0.255 e. The van der Waals surface area contributed by atoms with E-state index in [4.69, 9.17) is 4.74 Å². The molecule has 0 saturated carbocycles. The number of anilines is 1. The average Bonchev–Trinajstić information content (AvgIpc) is 3.22. The van der Waals surface area contributed by atoms with Crippen LogP contribution in [0.3, 0.4) is 0 Å². The fourth-order valence-electron chi connectivity index (χ4n) is 5.33. The van der Waals surface area contributed by atoms with Crippen LogP contribution in [0.25, 0.3) is 10.9 Å². The first-order chi connectivity index (χ1) is 15.2. The number of nitrogens with one attached hydrogen (secondary N) is 2. The molecule has 2 unspecified atom stereocenters. The molecule has 3 aromatic rings. The second-order valence-electron chi connectivity index (χ2n) is 8.83. The zero-order chi connectivity index (χ0) is 21.2. The van der Waals surface area contributed by atoms with Crippen molar-refractivity contribution in [2.45, 2.75) is 51.0 Å². The number of aromatic amines is 1. The van der Waals surface area contributed by atoms with Gasteiger partial charge >= 0.3 is 0 Å². The number of benzene rings is 2. The van der Waals surface area contributed by atoms with Crippen LogP contribution in [-0.2, 0) is 0 Å². The number of hydrogen-bond acceptors (Lipinski definition) is 3. The van der Waals surface area contributed by atoms with Crippen molar-refractivity contribution in [2.24, 2.45) is 0 Å². The molecule has 5 nitrogen and oxygen atoms in total. The van der Waals surface area contributed by atoms with Crippen molar-refractivity contribution in [3.05, 3.63) is 59.8 Å². The van der Waals surface area contributed by atoms with Gasteiger partial charge in [0.15, 0.2) is 0 Å². The highest BCUT2D eigenvalue weighted by Crippen LogP contribution is 2.38. The van der Waals surface area contributed by atoms with Crippen LogP contribution in [0, 0.1) is 0 Å². The molecule has 2 fully saturated rings. The van der Waals surface area contributed by atoms with Crippen LogP contribution in [0.4, 0.5) is 5.69 Å². The van der Waals surface area contributed by atoms with Gasteiger partial charge in [0.05, 0.1) is 6.61 Å². The van der Waals surface area contributed by atoms with Crippen molar-refractivity contribution in [3.8, 4) is 5.75 Å². The molecule has 1 amide bonds. The third-order valence-electron chi connectivity index (χ3n) is 6.89. The monoisotopic (exact) mass is 417 g/mol. The summed E-state index contributed by atoms with van der Waals surface area (Å²) in [5, 5.41) is 4.30. The molecule has 2 aromatic carbocycles. The van der Waals surface area contributed by atoms with E-state index >= 15 is 0 Å². The van der Waals surface area contributed by atoms with Gasteiger partial charge in [-0.3, -0.25) is 4.79 Å². The van der Waals surface area contributed by atoms with Gasteiger partial charge in [-0.2, -0.15) is 0 Å². The number of ether oxygens (including phenoxy) is 1. The van der Waals surface area contributed by atoms with E-state index in [-0.39, 0.29) is 5.91 Å².